The Bertz CT molecular complexity index is 1420. The van der Waals surface area contributed by atoms with Crippen LogP contribution in [0.15, 0.2) is 72.8 Å². The summed E-state index contributed by atoms with van der Waals surface area (Å²) in [6.07, 6.45) is 4.39. The van der Waals surface area contributed by atoms with E-state index in [9.17, 15) is 19.8 Å². The molecule has 0 aliphatic carbocycles. The van der Waals surface area contributed by atoms with Crippen LogP contribution in [0.4, 0.5) is 17.1 Å². The smallest absolute Gasteiger partial charge is 0.224 e. The lowest BCUT2D eigenvalue weighted by atomic mass is 9.99. The number of amides is 2. The van der Waals surface area contributed by atoms with E-state index in [-0.39, 0.29) is 36.7 Å². The number of hydrogen-bond donors (Lipinski definition) is 5. The number of para-hydroxylation sites is 2. The Balaban J connectivity index is 1.07. The molecule has 2 saturated heterocycles. The van der Waals surface area contributed by atoms with Gasteiger partial charge in [-0.25, -0.2) is 0 Å². The zero-order chi connectivity index (χ0) is 32.3. The first-order valence-electron chi connectivity index (χ1n) is 16.3. The summed E-state index contributed by atoms with van der Waals surface area (Å²) < 4.78 is 12.9. The number of carbonyl (C=O) groups is 2. The maximum atomic E-state index is 12.6. The summed E-state index contributed by atoms with van der Waals surface area (Å²) in [5.74, 6) is -0.105. The number of benzene rings is 3. The first-order valence-corrected chi connectivity index (χ1v) is 16.3. The van der Waals surface area contributed by atoms with Crippen molar-refractivity contribution in [2.75, 3.05) is 36.0 Å². The van der Waals surface area contributed by atoms with Crippen LogP contribution < -0.4 is 16.4 Å². The summed E-state index contributed by atoms with van der Waals surface area (Å²) in [4.78, 5) is 27.0. The van der Waals surface area contributed by atoms with Gasteiger partial charge in [0.15, 0.2) is 6.29 Å². The van der Waals surface area contributed by atoms with Gasteiger partial charge in [0, 0.05) is 50.1 Å². The molecule has 2 fully saturated rings. The average molecular weight is 631 g/mol. The van der Waals surface area contributed by atoms with E-state index in [0.29, 0.717) is 49.4 Å². The molecule has 0 saturated carbocycles. The molecule has 2 aliphatic rings. The Kier molecular flexibility index (Phi) is 12.2. The lowest BCUT2D eigenvalue weighted by Crippen LogP contribution is -2.38. The van der Waals surface area contributed by atoms with Crippen LogP contribution in [0.3, 0.4) is 0 Å². The first kappa shape index (κ1) is 33.6. The second-order valence-corrected chi connectivity index (χ2v) is 12.3. The number of unbranched alkanes of at least 4 members (excludes halogenated alkanes) is 3. The van der Waals surface area contributed by atoms with Crippen LogP contribution in [-0.4, -0.2) is 58.8 Å². The van der Waals surface area contributed by atoms with Crippen LogP contribution >= 0.6 is 0 Å². The Morgan fingerprint density at radius 3 is 2.17 bits per heavy atom. The predicted octanol–water partition coefficient (Wildman–Crippen LogP) is 5.29. The normalized spacial score (nSPS) is 21.6. The van der Waals surface area contributed by atoms with Crippen molar-refractivity contribution < 1.29 is 29.3 Å². The van der Waals surface area contributed by atoms with Crippen molar-refractivity contribution in [2.24, 2.45) is 0 Å². The molecule has 10 nitrogen and oxygen atoms in total. The largest absolute Gasteiger partial charge is 0.397 e. The highest BCUT2D eigenvalue weighted by Gasteiger charge is 2.34. The van der Waals surface area contributed by atoms with Crippen molar-refractivity contribution in [3.05, 3.63) is 89.5 Å². The molecule has 5 rings (SSSR count). The molecule has 4 atom stereocenters. The summed E-state index contributed by atoms with van der Waals surface area (Å²) in [7, 11) is 0. The van der Waals surface area contributed by atoms with E-state index in [0.717, 1.165) is 55.3 Å². The van der Waals surface area contributed by atoms with E-state index in [1.54, 1.807) is 12.1 Å². The molecule has 2 aliphatic heterocycles. The molecule has 0 aromatic heterocycles. The predicted molar refractivity (Wildman–Crippen MR) is 178 cm³/mol. The van der Waals surface area contributed by atoms with E-state index < -0.39 is 6.29 Å². The molecular weight excluding hydrogens is 584 g/mol. The molecule has 0 bridgehead atoms. The summed E-state index contributed by atoms with van der Waals surface area (Å²) in [6.45, 7) is 2.20. The number of nitrogen functional groups attached to an aromatic ring is 1. The van der Waals surface area contributed by atoms with Crippen LogP contribution in [0.5, 0.6) is 0 Å². The number of aliphatic hydroxyl groups is 2. The molecule has 2 heterocycles. The van der Waals surface area contributed by atoms with Crippen LogP contribution in [0.25, 0.3) is 0 Å². The Morgan fingerprint density at radius 2 is 1.52 bits per heavy atom. The molecule has 3 aromatic rings. The summed E-state index contributed by atoms with van der Waals surface area (Å²) >= 11 is 0. The number of ether oxygens (including phenoxy) is 2. The minimum absolute atomic E-state index is 0.00740. The molecule has 3 aromatic carbocycles. The molecule has 4 unspecified atom stereocenters. The average Bonchev–Trinajstić information content (AvgIpc) is 3.48. The monoisotopic (exact) mass is 630 g/mol. The standard InChI is InChI=1S/C36H46N4O6/c37-31-7-5-6-8-32(31)39-35(44)10-4-2-1-3-9-34(43)38-28-17-15-27(16-18-28)36-45-30(23-40-20-19-29(42)22-40)21-33(46-36)26-13-11-25(24-41)12-14-26/h5-8,11-18,29-30,33,36,41-42H,1-4,9-10,19-24,37H2,(H,38,43)(H,39,44). The van der Waals surface area contributed by atoms with E-state index >= 15 is 0 Å². The second kappa shape index (κ2) is 16.7. The zero-order valence-corrected chi connectivity index (χ0v) is 26.3. The minimum Gasteiger partial charge on any atom is -0.397 e. The highest BCUT2D eigenvalue weighted by Crippen LogP contribution is 2.38. The van der Waals surface area contributed by atoms with Gasteiger partial charge in [0.25, 0.3) is 0 Å². The Hall–Kier alpha value is -3.80. The van der Waals surface area contributed by atoms with Crippen molar-refractivity contribution >= 4 is 28.9 Å². The third-order valence-corrected chi connectivity index (χ3v) is 8.58. The van der Waals surface area contributed by atoms with Gasteiger partial charge in [-0.2, -0.15) is 0 Å². The van der Waals surface area contributed by atoms with Crippen molar-refractivity contribution in [1.82, 2.24) is 4.90 Å². The number of β-amino-alcohol motifs (C(OH)–C–C–N with tert-alkyl or cyclic N) is 1. The highest BCUT2D eigenvalue weighted by atomic mass is 16.7. The van der Waals surface area contributed by atoms with Gasteiger partial charge in [0.1, 0.15) is 0 Å². The van der Waals surface area contributed by atoms with Gasteiger partial charge in [-0.3, -0.25) is 14.5 Å². The third kappa shape index (κ3) is 9.85. The lowest BCUT2D eigenvalue weighted by Gasteiger charge is -2.37. The van der Waals surface area contributed by atoms with Gasteiger partial charge >= 0.3 is 0 Å². The highest BCUT2D eigenvalue weighted by molar-refractivity contribution is 5.93. The fourth-order valence-corrected chi connectivity index (χ4v) is 5.99. The molecule has 46 heavy (non-hydrogen) atoms. The molecule has 246 valence electrons. The number of rotatable bonds is 14. The molecule has 10 heteroatoms. The minimum atomic E-state index is -0.578. The van der Waals surface area contributed by atoms with E-state index in [1.165, 1.54) is 0 Å². The summed E-state index contributed by atoms with van der Waals surface area (Å²) in [5, 5.41) is 25.3. The van der Waals surface area contributed by atoms with Crippen molar-refractivity contribution in [3.63, 3.8) is 0 Å². The SMILES string of the molecule is Nc1ccccc1NC(=O)CCCCCCC(=O)Nc1ccc(C2OC(CN3CCC(O)C3)CC(c3ccc(CO)cc3)O2)cc1. The number of anilines is 3. The summed E-state index contributed by atoms with van der Waals surface area (Å²) in [6, 6.07) is 22.6. The maximum absolute atomic E-state index is 12.6. The van der Waals surface area contributed by atoms with Gasteiger partial charge in [-0.1, -0.05) is 61.4 Å². The fourth-order valence-electron chi connectivity index (χ4n) is 5.99. The van der Waals surface area contributed by atoms with Gasteiger partial charge < -0.3 is 36.1 Å². The van der Waals surface area contributed by atoms with E-state index in [1.807, 2.05) is 60.7 Å². The number of nitrogens with two attached hydrogens (primary N) is 1. The van der Waals surface area contributed by atoms with Gasteiger partial charge in [0.05, 0.1) is 36.3 Å². The van der Waals surface area contributed by atoms with Crippen molar-refractivity contribution in [3.8, 4) is 0 Å². The molecule has 6 N–H and O–H groups in total. The van der Waals surface area contributed by atoms with Gasteiger partial charge in [0.2, 0.25) is 11.8 Å². The zero-order valence-electron chi connectivity index (χ0n) is 26.3. The number of nitrogens with zero attached hydrogens (tertiary/aromatic N) is 1. The Morgan fingerprint density at radius 1 is 0.848 bits per heavy atom. The number of likely N-dealkylation sites (tertiary alicyclic amines) is 1. The van der Waals surface area contributed by atoms with E-state index in [4.69, 9.17) is 15.2 Å². The maximum Gasteiger partial charge on any atom is 0.224 e. The number of nitrogens with one attached hydrogen (secondary N) is 2. The fraction of sp³-hybridized carbons (Fsp3) is 0.444. The lowest BCUT2D eigenvalue weighted by molar-refractivity contribution is -0.252. The van der Waals surface area contributed by atoms with Crippen molar-refractivity contribution in [1.29, 1.82) is 0 Å². The van der Waals surface area contributed by atoms with Crippen LogP contribution in [-0.2, 0) is 25.7 Å². The summed E-state index contributed by atoms with van der Waals surface area (Å²) in [5.41, 5.74) is 10.5. The number of carbonyl (C=O) groups excluding carboxylic acids is 2. The molecular formula is C36H46N4O6. The number of aliphatic hydroxyl groups excluding tert-OH is 2. The quantitative estimate of drug-likeness (QED) is 0.119. The van der Waals surface area contributed by atoms with Crippen LogP contribution in [0.1, 0.15) is 80.5 Å². The molecule has 2 amide bonds. The van der Waals surface area contributed by atoms with Crippen molar-refractivity contribution in [2.45, 2.75) is 82.6 Å². The molecule has 0 radical (unpaired) electrons. The van der Waals surface area contributed by atoms with Gasteiger partial charge in [-0.15, -0.1) is 0 Å². The third-order valence-electron chi connectivity index (χ3n) is 8.58. The van der Waals surface area contributed by atoms with Crippen LogP contribution in [0, 0.1) is 0 Å². The molecule has 0 spiro atoms. The van der Waals surface area contributed by atoms with E-state index in [2.05, 4.69) is 15.5 Å². The topological polar surface area (TPSA) is 146 Å². The first-order chi connectivity index (χ1) is 22.4. The van der Waals surface area contributed by atoms with Crippen LogP contribution in [0.2, 0.25) is 0 Å². The Labute approximate surface area is 270 Å². The second-order valence-electron chi connectivity index (χ2n) is 12.3. The number of hydrogen-bond acceptors (Lipinski definition) is 8. The van der Waals surface area contributed by atoms with Gasteiger partial charge in [-0.05, 0) is 54.7 Å².